The highest BCUT2D eigenvalue weighted by Crippen LogP contribution is 2.28. The SMILES string of the molecule is CN1CCSCC1c1noc([C@@H]2CC(O)CN2)n1. The van der Waals surface area contributed by atoms with E-state index in [1.807, 2.05) is 11.8 Å². The van der Waals surface area contributed by atoms with Crippen LogP contribution in [0.25, 0.3) is 0 Å². The number of hydrogen-bond acceptors (Lipinski definition) is 7. The average Bonchev–Trinajstić information content (AvgIpc) is 2.98. The van der Waals surface area contributed by atoms with Crippen molar-refractivity contribution in [2.24, 2.45) is 0 Å². The second-order valence-corrected chi connectivity index (χ2v) is 6.06. The van der Waals surface area contributed by atoms with Crippen LogP contribution in [0.2, 0.25) is 0 Å². The third-order valence-electron chi connectivity index (χ3n) is 3.56. The van der Waals surface area contributed by atoms with Gasteiger partial charge in [-0.25, -0.2) is 0 Å². The molecule has 0 aromatic carbocycles. The van der Waals surface area contributed by atoms with E-state index >= 15 is 0 Å². The molecule has 2 aliphatic rings. The Morgan fingerprint density at radius 2 is 2.44 bits per heavy atom. The van der Waals surface area contributed by atoms with E-state index < -0.39 is 0 Å². The van der Waals surface area contributed by atoms with Gasteiger partial charge in [0, 0.05) is 24.6 Å². The molecule has 0 saturated carbocycles. The minimum atomic E-state index is -0.307. The molecule has 3 atom stereocenters. The Balaban J connectivity index is 1.72. The summed E-state index contributed by atoms with van der Waals surface area (Å²) in [4.78, 5) is 6.76. The van der Waals surface area contributed by atoms with Crippen molar-refractivity contribution in [2.75, 3.05) is 31.6 Å². The van der Waals surface area contributed by atoms with Crippen molar-refractivity contribution in [1.29, 1.82) is 0 Å². The van der Waals surface area contributed by atoms with E-state index in [2.05, 4.69) is 27.4 Å². The molecule has 0 spiro atoms. The van der Waals surface area contributed by atoms with Crippen molar-refractivity contribution in [1.82, 2.24) is 20.4 Å². The van der Waals surface area contributed by atoms with Crippen LogP contribution >= 0.6 is 11.8 Å². The van der Waals surface area contributed by atoms with Gasteiger partial charge < -0.3 is 14.9 Å². The summed E-state index contributed by atoms with van der Waals surface area (Å²) in [6, 6.07) is 0.246. The van der Waals surface area contributed by atoms with Crippen LogP contribution in [-0.4, -0.2) is 57.9 Å². The highest BCUT2D eigenvalue weighted by atomic mass is 32.2. The maximum absolute atomic E-state index is 9.49. The van der Waals surface area contributed by atoms with Gasteiger partial charge in [0.2, 0.25) is 5.89 Å². The molecular weight excluding hydrogens is 252 g/mol. The molecule has 0 bridgehead atoms. The predicted octanol–water partition coefficient (Wildman–Crippen LogP) is 0.185. The molecule has 2 saturated heterocycles. The molecule has 0 aliphatic carbocycles. The number of thioether (sulfide) groups is 1. The summed E-state index contributed by atoms with van der Waals surface area (Å²) in [7, 11) is 2.10. The van der Waals surface area contributed by atoms with Crippen LogP contribution in [0.5, 0.6) is 0 Å². The van der Waals surface area contributed by atoms with Crippen molar-refractivity contribution >= 4 is 11.8 Å². The van der Waals surface area contributed by atoms with E-state index in [-0.39, 0.29) is 18.2 Å². The number of nitrogens with one attached hydrogen (secondary N) is 1. The van der Waals surface area contributed by atoms with Crippen LogP contribution in [0.4, 0.5) is 0 Å². The molecule has 1 aromatic rings. The second-order valence-electron chi connectivity index (χ2n) is 4.91. The maximum atomic E-state index is 9.49. The number of hydrogen-bond donors (Lipinski definition) is 2. The first kappa shape index (κ1) is 12.4. The van der Waals surface area contributed by atoms with Crippen LogP contribution in [-0.2, 0) is 0 Å². The van der Waals surface area contributed by atoms with Gasteiger partial charge in [-0.15, -0.1) is 0 Å². The van der Waals surface area contributed by atoms with Gasteiger partial charge in [0.25, 0.3) is 0 Å². The lowest BCUT2D eigenvalue weighted by molar-refractivity contribution is 0.191. The Labute approximate surface area is 110 Å². The molecule has 3 heterocycles. The smallest absolute Gasteiger partial charge is 0.243 e. The minimum Gasteiger partial charge on any atom is -0.392 e. The number of aliphatic hydroxyl groups excluding tert-OH is 1. The molecule has 1 aromatic heterocycles. The van der Waals surface area contributed by atoms with Gasteiger partial charge in [-0.3, -0.25) is 4.90 Å². The monoisotopic (exact) mass is 270 g/mol. The summed E-state index contributed by atoms with van der Waals surface area (Å²) < 4.78 is 5.33. The van der Waals surface area contributed by atoms with E-state index in [0.29, 0.717) is 18.9 Å². The molecule has 0 amide bonds. The largest absolute Gasteiger partial charge is 0.392 e. The molecule has 18 heavy (non-hydrogen) atoms. The summed E-state index contributed by atoms with van der Waals surface area (Å²) in [5.74, 6) is 3.54. The highest BCUT2D eigenvalue weighted by Gasteiger charge is 2.31. The van der Waals surface area contributed by atoms with Crippen LogP contribution in [0.1, 0.15) is 30.2 Å². The maximum Gasteiger partial charge on any atom is 0.243 e. The summed E-state index contributed by atoms with van der Waals surface area (Å²) in [6.07, 6.45) is 0.343. The molecule has 2 N–H and O–H groups in total. The highest BCUT2D eigenvalue weighted by molar-refractivity contribution is 7.99. The fourth-order valence-electron chi connectivity index (χ4n) is 2.39. The van der Waals surface area contributed by atoms with Crippen LogP contribution < -0.4 is 5.32 Å². The third-order valence-corrected chi connectivity index (χ3v) is 4.58. The lowest BCUT2D eigenvalue weighted by Gasteiger charge is -2.29. The van der Waals surface area contributed by atoms with Crippen LogP contribution in [0, 0.1) is 0 Å². The lowest BCUT2D eigenvalue weighted by Crippen LogP contribution is -2.33. The second kappa shape index (κ2) is 5.16. The lowest BCUT2D eigenvalue weighted by atomic mass is 10.2. The average molecular weight is 270 g/mol. The molecule has 100 valence electrons. The zero-order valence-corrected chi connectivity index (χ0v) is 11.2. The van der Waals surface area contributed by atoms with E-state index in [4.69, 9.17) is 4.52 Å². The summed E-state index contributed by atoms with van der Waals surface area (Å²) >= 11 is 1.92. The predicted molar refractivity (Wildman–Crippen MR) is 68.4 cm³/mol. The van der Waals surface area contributed by atoms with Crippen LogP contribution in [0.15, 0.2) is 4.52 Å². The minimum absolute atomic E-state index is 0.00259. The van der Waals surface area contributed by atoms with Crippen LogP contribution in [0.3, 0.4) is 0 Å². The topological polar surface area (TPSA) is 74.4 Å². The number of aromatic nitrogens is 2. The normalized spacial score (nSPS) is 34.0. The Bertz CT molecular complexity index is 414. The summed E-state index contributed by atoms with van der Waals surface area (Å²) in [5.41, 5.74) is 0. The zero-order chi connectivity index (χ0) is 12.5. The summed E-state index contributed by atoms with van der Waals surface area (Å²) in [5, 5.41) is 16.8. The van der Waals surface area contributed by atoms with E-state index in [9.17, 15) is 5.11 Å². The van der Waals surface area contributed by atoms with Crippen molar-refractivity contribution in [2.45, 2.75) is 24.6 Å². The number of aliphatic hydroxyl groups is 1. The first-order valence-corrected chi connectivity index (χ1v) is 7.42. The standard InChI is InChI=1S/C11H18N4O2S/c1-15-2-3-18-6-9(15)10-13-11(17-14-10)8-4-7(16)5-12-8/h7-9,12,16H,2-6H2,1H3/t7?,8-,9?/m0/s1. The van der Waals surface area contributed by atoms with Crippen molar-refractivity contribution in [3.63, 3.8) is 0 Å². The number of rotatable bonds is 2. The van der Waals surface area contributed by atoms with Gasteiger partial charge in [0.1, 0.15) is 0 Å². The van der Waals surface area contributed by atoms with Gasteiger partial charge in [0.05, 0.1) is 18.2 Å². The van der Waals surface area contributed by atoms with E-state index in [1.54, 1.807) is 0 Å². The Hall–Kier alpha value is -0.630. The Kier molecular flexibility index (Phi) is 3.56. The quantitative estimate of drug-likeness (QED) is 0.794. The molecule has 3 rings (SSSR count). The van der Waals surface area contributed by atoms with Crippen molar-refractivity contribution in [3.05, 3.63) is 11.7 Å². The summed E-state index contributed by atoms with van der Waals surface area (Å²) in [6.45, 7) is 1.65. The van der Waals surface area contributed by atoms with Gasteiger partial charge in [-0.05, 0) is 13.5 Å². The Morgan fingerprint density at radius 1 is 1.56 bits per heavy atom. The van der Waals surface area contributed by atoms with E-state index in [1.165, 1.54) is 0 Å². The first-order chi connectivity index (χ1) is 8.74. The fraction of sp³-hybridized carbons (Fsp3) is 0.818. The van der Waals surface area contributed by atoms with Gasteiger partial charge in [-0.2, -0.15) is 16.7 Å². The van der Waals surface area contributed by atoms with Gasteiger partial charge in [0.15, 0.2) is 5.82 Å². The zero-order valence-electron chi connectivity index (χ0n) is 10.4. The van der Waals surface area contributed by atoms with Gasteiger partial charge >= 0.3 is 0 Å². The molecule has 6 nitrogen and oxygen atoms in total. The van der Waals surface area contributed by atoms with Gasteiger partial charge in [-0.1, -0.05) is 5.16 Å². The Morgan fingerprint density at radius 3 is 3.17 bits per heavy atom. The van der Waals surface area contributed by atoms with E-state index in [0.717, 1.165) is 23.9 Å². The fourth-order valence-corrected chi connectivity index (χ4v) is 3.60. The molecule has 2 unspecified atom stereocenters. The third kappa shape index (κ3) is 2.40. The number of β-amino-alcohol motifs (C(OH)–C–C–N with tert-alkyl or cyclic N) is 1. The molecule has 2 fully saturated rings. The molecular formula is C11H18N4O2S. The molecule has 2 aliphatic heterocycles. The first-order valence-electron chi connectivity index (χ1n) is 6.27. The molecule has 0 radical (unpaired) electrons. The van der Waals surface area contributed by atoms with Crippen molar-refractivity contribution < 1.29 is 9.63 Å². The molecule has 7 heteroatoms. The van der Waals surface area contributed by atoms with Crippen molar-refractivity contribution in [3.8, 4) is 0 Å². The number of nitrogens with zero attached hydrogens (tertiary/aromatic N) is 3.